The summed E-state index contributed by atoms with van der Waals surface area (Å²) in [5, 5.41) is 0. The molecule has 0 heterocycles. The molecule has 0 unspecified atom stereocenters. The van der Waals surface area contributed by atoms with Crippen molar-refractivity contribution < 1.29 is 8.78 Å². The zero-order valence-electron chi connectivity index (χ0n) is 6.97. The molecular weight excluding hydrogens is 178 g/mol. The number of halogens is 2. The van der Waals surface area contributed by atoms with Gasteiger partial charge in [0.25, 0.3) is 6.43 Å². The molecule has 0 amide bonds. The highest BCUT2D eigenvalue weighted by Crippen LogP contribution is 2.26. The van der Waals surface area contributed by atoms with E-state index in [9.17, 15) is 8.78 Å². The summed E-state index contributed by atoms with van der Waals surface area (Å²) in [6.45, 7) is 1.70. The van der Waals surface area contributed by atoms with Crippen molar-refractivity contribution >= 4 is 11.8 Å². The van der Waals surface area contributed by atoms with Gasteiger partial charge in [0.2, 0.25) is 0 Å². The van der Waals surface area contributed by atoms with Gasteiger partial charge in [0.05, 0.1) is 0 Å². The fourth-order valence-electron chi connectivity index (χ4n) is 0.981. The van der Waals surface area contributed by atoms with Crippen LogP contribution in [0.1, 0.15) is 17.6 Å². The molecule has 0 radical (unpaired) electrons. The standard InChI is InChI=1S/C9H10F2S/c1-6-3-4-7(12-2)5-8(6)9(10)11/h3-5,9H,1-2H3. The highest BCUT2D eigenvalue weighted by molar-refractivity contribution is 7.98. The smallest absolute Gasteiger partial charge is 0.205 e. The number of alkyl halides is 2. The second kappa shape index (κ2) is 3.90. The van der Waals surface area contributed by atoms with Gasteiger partial charge in [-0.25, -0.2) is 8.78 Å². The molecule has 1 aromatic carbocycles. The molecule has 0 spiro atoms. The summed E-state index contributed by atoms with van der Waals surface area (Å²) in [6.07, 6.45) is -0.489. The molecule has 3 heteroatoms. The lowest BCUT2D eigenvalue weighted by atomic mass is 10.1. The molecule has 1 aromatic rings. The Hall–Kier alpha value is -0.570. The van der Waals surface area contributed by atoms with Gasteiger partial charge in [-0.05, 0) is 30.9 Å². The molecule has 0 nitrogen and oxygen atoms in total. The van der Waals surface area contributed by atoms with Gasteiger partial charge in [-0.3, -0.25) is 0 Å². The minimum atomic E-state index is -2.36. The van der Waals surface area contributed by atoms with Crippen molar-refractivity contribution in [3.63, 3.8) is 0 Å². The molecule has 0 aromatic heterocycles. The first-order chi connectivity index (χ1) is 5.65. The van der Waals surface area contributed by atoms with Crippen LogP contribution in [0.15, 0.2) is 23.1 Å². The van der Waals surface area contributed by atoms with Crippen LogP contribution < -0.4 is 0 Å². The molecule has 66 valence electrons. The molecule has 0 saturated heterocycles. The quantitative estimate of drug-likeness (QED) is 0.638. The van der Waals surface area contributed by atoms with Crippen molar-refractivity contribution in [1.82, 2.24) is 0 Å². The van der Waals surface area contributed by atoms with Crippen molar-refractivity contribution in [1.29, 1.82) is 0 Å². The topological polar surface area (TPSA) is 0 Å². The average Bonchev–Trinajstić information content (AvgIpc) is 2.05. The number of thioether (sulfide) groups is 1. The van der Waals surface area contributed by atoms with Gasteiger partial charge in [-0.1, -0.05) is 6.07 Å². The second-order valence-corrected chi connectivity index (χ2v) is 3.40. The van der Waals surface area contributed by atoms with Gasteiger partial charge in [-0.15, -0.1) is 11.8 Å². The Kier molecular flexibility index (Phi) is 3.09. The van der Waals surface area contributed by atoms with E-state index < -0.39 is 6.43 Å². The number of hydrogen-bond acceptors (Lipinski definition) is 1. The minimum absolute atomic E-state index is 0.141. The van der Waals surface area contributed by atoms with Crippen LogP contribution in [0.3, 0.4) is 0 Å². The fourth-order valence-corrected chi connectivity index (χ4v) is 1.43. The molecule has 0 bridgehead atoms. The minimum Gasteiger partial charge on any atom is -0.205 e. The molecule has 0 atom stereocenters. The Labute approximate surface area is 75.0 Å². The van der Waals surface area contributed by atoms with E-state index in [-0.39, 0.29) is 5.56 Å². The maximum Gasteiger partial charge on any atom is 0.264 e. The third-order valence-electron chi connectivity index (χ3n) is 1.72. The predicted octanol–water partition coefficient (Wildman–Crippen LogP) is 3.65. The van der Waals surface area contributed by atoms with Crippen LogP contribution in [-0.4, -0.2) is 6.26 Å². The summed E-state index contributed by atoms with van der Waals surface area (Å²) in [4.78, 5) is 0.885. The van der Waals surface area contributed by atoms with Gasteiger partial charge < -0.3 is 0 Å². The highest BCUT2D eigenvalue weighted by Gasteiger charge is 2.10. The first kappa shape index (κ1) is 9.52. The van der Waals surface area contributed by atoms with Crippen LogP contribution in [0.4, 0.5) is 8.78 Å². The Morgan fingerprint density at radius 3 is 2.50 bits per heavy atom. The molecule has 0 aliphatic carbocycles. The predicted molar refractivity (Wildman–Crippen MR) is 47.9 cm³/mol. The summed E-state index contributed by atoms with van der Waals surface area (Å²) in [6, 6.07) is 5.13. The molecule has 0 saturated carbocycles. The van der Waals surface area contributed by atoms with E-state index in [1.54, 1.807) is 19.1 Å². The van der Waals surface area contributed by atoms with Crippen LogP contribution in [0, 0.1) is 6.92 Å². The molecule has 12 heavy (non-hydrogen) atoms. The van der Waals surface area contributed by atoms with Crippen molar-refractivity contribution in [2.75, 3.05) is 6.26 Å². The molecular formula is C9H10F2S. The summed E-state index contributed by atoms with van der Waals surface area (Å²) in [5.41, 5.74) is 0.796. The summed E-state index contributed by atoms with van der Waals surface area (Å²) in [5.74, 6) is 0. The molecule has 0 aliphatic heterocycles. The second-order valence-electron chi connectivity index (χ2n) is 2.52. The maximum atomic E-state index is 12.3. The van der Waals surface area contributed by atoms with Gasteiger partial charge in [0.15, 0.2) is 0 Å². The van der Waals surface area contributed by atoms with Crippen molar-refractivity contribution in [3.8, 4) is 0 Å². The lowest BCUT2D eigenvalue weighted by molar-refractivity contribution is 0.150. The van der Waals surface area contributed by atoms with Crippen molar-refractivity contribution in [2.45, 2.75) is 18.2 Å². The molecule has 1 rings (SSSR count). The lowest BCUT2D eigenvalue weighted by Gasteiger charge is -2.05. The maximum absolute atomic E-state index is 12.3. The Morgan fingerprint density at radius 2 is 2.00 bits per heavy atom. The van der Waals surface area contributed by atoms with E-state index in [0.29, 0.717) is 5.56 Å². The fraction of sp³-hybridized carbons (Fsp3) is 0.333. The van der Waals surface area contributed by atoms with Crippen molar-refractivity contribution in [3.05, 3.63) is 29.3 Å². The van der Waals surface area contributed by atoms with Gasteiger partial charge >= 0.3 is 0 Å². The highest BCUT2D eigenvalue weighted by atomic mass is 32.2. The first-order valence-corrected chi connectivity index (χ1v) is 4.80. The average molecular weight is 188 g/mol. The summed E-state index contributed by atoms with van der Waals surface area (Å²) >= 11 is 1.48. The first-order valence-electron chi connectivity index (χ1n) is 3.58. The van der Waals surface area contributed by atoms with E-state index in [2.05, 4.69) is 0 Å². The van der Waals surface area contributed by atoms with Gasteiger partial charge in [0.1, 0.15) is 0 Å². The van der Waals surface area contributed by atoms with Crippen LogP contribution >= 0.6 is 11.8 Å². The SMILES string of the molecule is CSc1ccc(C)c(C(F)F)c1. The van der Waals surface area contributed by atoms with E-state index in [0.717, 1.165) is 4.90 Å². The summed E-state index contributed by atoms with van der Waals surface area (Å²) < 4.78 is 24.7. The summed E-state index contributed by atoms with van der Waals surface area (Å²) in [7, 11) is 0. The monoisotopic (exact) mass is 188 g/mol. The van der Waals surface area contributed by atoms with Crippen LogP contribution in [0.5, 0.6) is 0 Å². The zero-order chi connectivity index (χ0) is 9.14. The van der Waals surface area contributed by atoms with Crippen molar-refractivity contribution in [2.24, 2.45) is 0 Å². The normalized spacial score (nSPS) is 10.8. The largest absolute Gasteiger partial charge is 0.264 e. The van der Waals surface area contributed by atoms with E-state index in [1.165, 1.54) is 11.8 Å². The third kappa shape index (κ3) is 1.97. The van der Waals surface area contributed by atoms with E-state index >= 15 is 0 Å². The number of hydrogen-bond donors (Lipinski definition) is 0. The Bertz CT molecular complexity index is 271. The van der Waals surface area contributed by atoms with Crippen LogP contribution in [-0.2, 0) is 0 Å². The van der Waals surface area contributed by atoms with Crippen LogP contribution in [0.25, 0.3) is 0 Å². The van der Waals surface area contributed by atoms with Crippen LogP contribution in [0.2, 0.25) is 0 Å². The van der Waals surface area contributed by atoms with Gasteiger partial charge in [0, 0.05) is 10.5 Å². The third-order valence-corrected chi connectivity index (χ3v) is 2.45. The number of rotatable bonds is 2. The van der Waals surface area contributed by atoms with E-state index in [4.69, 9.17) is 0 Å². The molecule has 0 N–H and O–H groups in total. The Morgan fingerprint density at radius 1 is 1.33 bits per heavy atom. The molecule has 0 fully saturated rings. The number of aryl methyl sites for hydroxylation is 1. The lowest BCUT2D eigenvalue weighted by Crippen LogP contribution is -1.89. The Balaban J connectivity index is 3.08. The zero-order valence-corrected chi connectivity index (χ0v) is 7.79. The van der Waals surface area contributed by atoms with Gasteiger partial charge in [-0.2, -0.15) is 0 Å². The number of benzene rings is 1. The molecule has 0 aliphatic rings. The van der Waals surface area contributed by atoms with E-state index in [1.807, 2.05) is 12.3 Å².